The van der Waals surface area contributed by atoms with E-state index in [1.165, 1.54) is 12.5 Å². The Morgan fingerprint density at radius 3 is 3.00 bits per heavy atom. The van der Waals surface area contributed by atoms with Crippen molar-refractivity contribution in [2.75, 3.05) is 5.32 Å². The zero-order valence-electron chi connectivity index (χ0n) is 8.81. The fourth-order valence-corrected chi connectivity index (χ4v) is 1.66. The highest BCUT2D eigenvalue weighted by atomic mass is 16.5. The second-order valence-corrected chi connectivity index (χ2v) is 3.64. The molecule has 0 spiro atoms. The van der Waals surface area contributed by atoms with Crippen molar-refractivity contribution in [3.63, 3.8) is 0 Å². The maximum Gasteiger partial charge on any atom is 0.272 e. The van der Waals surface area contributed by atoms with Crippen molar-refractivity contribution >= 4 is 22.5 Å². The first-order valence-electron chi connectivity index (χ1n) is 5.11. The van der Waals surface area contributed by atoms with Gasteiger partial charge in [0.05, 0.1) is 6.20 Å². The number of nitrogens with one attached hydrogen (secondary N) is 2. The second-order valence-electron chi connectivity index (χ2n) is 3.64. The van der Waals surface area contributed by atoms with Crippen molar-refractivity contribution in [1.82, 2.24) is 10.1 Å². The molecule has 17 heavy (non-hydrogen) atoms. The van der Waals surface area contributed by atoms with Crippen molar-refractivity contribution in [1.29, 1.82) is 0 Å². The van der Waals surface area contributed by atoms with Crippen LogP contribution in [0.15, 0.2) is 47.3 Å². The van der Waals surface area contributed by atoms with Crippen LogP contribution in [0.3, 0.4) is 0 Å². The van der Waals surface area contributed by atoms with Crippen molar-refractivity contribution < 1.29 is 9.32 Å². The van der Waals surface area contributed by atoms with Crippen LogP contribution in [-0.4, -0.2) is 16.0 Å². The van der Waals surface area contributed by atoms with Crippen LogP contribution < -0.4 is 5.32 Å². The summed E-state index contributed by atoms with van der Waals surface area (Å²) in [4.78, 5) is 14.9. The fraction of sp³-hybridized carbons (Fsp3) is 0. The van der Waals surface area contributed by atoms with Gasteiger partial charge < -0.3 is 14.8 Å². The minimum atomic E-state index is -0.218. The summed E-state index contributed by atoms with van der Waals surface area (Å²) in [5, 5.41) is 7.19. The summed E-state index contributed by atoms with van der Waals surface area (Å²) in [5.74, 6) is -0.218. The molecule has 0 aliphatic heterocycles. The number of para-hydroxylation sites is 1. The van der Waals surface area contributed by atoms with Crippen LogP contribution in [0.5, 0.6) is 0 Å². The number of anilines is 1. The Morgan fingerprint density at radius 2 is 2.24 bits per heavy atom. The van der Waals surface area contributed by atoms with E-state index in [4.69, 9.17) is 0 Å². The lowest BCUT2D eigenvalue weighted by molar-refractivity contribution is 0.102. The minimum absolute atomic E-state index is 0.218. The van der Waals surface area contributed by atoms with E-state index in [2.05, 4.69) is 20.0 Å². The molecule has 0 radical (unpaired) electrons. The second kappa shape index (κ2) is 3.79. The largest absolute Gasteiger partial charge is 0.363 e. The van der Waals surface area contributed by atoms with Gasteiger partial charge >= 0.3 is 0 Å². The quantitative estimate of drug-likeness (QED) is 0.706. The van der Waals surface area contributed by atoms with Gasteiger partial charge in [-0.2, -0.15) is 0 Å². The molecule has 0 fully saturated rings. The zero-order valence-corrected chi connectivity index (χ0v) is 8.81. The van der Waals surface area contributed by atoms with Gasteiger partial charge in [-0.3, -0.25) is 4.79 Å². The predicted molar refractivity (Wildman–Crippen MR) is 62.8 cm³/mol. The first-order chi connectivity index (χ1) is 8.33. The lowest BCUT2D eigenvalue weighted by Gasteiger charge is -1.97. The molecule has 0 unspecified atom stereocenters. The van der Waals surface area contributed by atoms with Gasteiger partial charge in [-0.15, -0.1) is 0 Å². The number of carbonyl (C=O) groups is 1. The van der Waals surface area contributed by atoms with Gasteiger partial charge in [0.2, 0.25) is 0 Å². The van der Waals surface area contributed by atoms with Crippen LogP contribution >= 0.6 is 0 Å². The summed E-state index contributed by atoms with van der Waals surface area (Å²) in [6, 6.07) is 9.52. The van der Waals surface area contributed by atoms with Crippen molar-refractivity contribution in [3.8, 4) is 0 Å². The van der Waals surface area contributed by atoms with Gasteiger partial charge in [-0.05, 0) is 12.1 Å². The summed E-state index contributed by atoms with van der Waals surface area (Å²) in [6.07, 6.45) is 2.82. The minimum Gasteiger partial charge on any atom is -0.363 e. The van der Waals surface area contributed by atoms with E-state index in [1.807, 2.05) is 24.3 Å². The third-order valence-corrected chi connectivity index (χ3v) is 2.46. The Hall–Kier alpha value is -2.56. The Kier molecular flexibility index (Phi) is 2.15. The lowest BCUT2D eigenvalue weighted by Crippen LogP contribution is -2.11. The topological polar surface area (TPSA) is 70.9 Å². The molecular formula is C12H9N3O2. The normalized spacial score (nSPS) is 10.6. The molecule has 0 saturated heterocycles. The monoisotopic (exact) mass is 227 g/mol. The van der Waals surface area contributed by atoms with Gasteiger partial charge in [0.15, 0.2) is 0 Å². The molecule has 3 rings (SSSR count). The van der Waals surface area contributed by atoms with Gasteiger partial charge in [0.25, 0.3) is 5.91 Å². The van der Waals surface area contributed by atoms with Crippen molar-refractivity contribution in [3.05, 3.63) is 48.5 Å². The number of aromatic nitrogens is 2. The van der Waals surface area contributed by atoms with Gasteiger partial charge in [-0.1, -0.05) is 23.4 Å². The first kappa shape index (κ1) is 9.65. The summed E-state index contributed by atoms with van der Waals surface area (Å²) in [5.41, 5.74) is 1.98. The number of fused-ring (bicyclic) bond motifs is 1. The maximum absolute atomic E-state index is 11.9. The van der Waals surface area contributed by atoms with Crippen LogP contribution in [0, 0.1) is 0 Å². The molecule has 2 N–H and O–H groups in total. The molecule has 1 aromatic carbocycles. The Morgan fingerprint density at radius 1 is 1.35 bits per heavy atom. The highest BCUT2D eigenvalue weighted by molar-refractivity contribution is 6.05. The van der Waals surface area contributed by atoms with Crippen LogP contribution in [0.4, 0.5) is 5.69 Å². The molecule has 84 valence electrons. The predicted octanol–water partition coefficient (Wildman–Crippen LogP) is 2.41. The molecule has 0 atom stereocenters. The van der Waals surface area contributed by atoms with E-state index in [0.717, 1.165) is 10.9 Å². The van der Waals surface area contributed by atoms with Crippen LogP contribution in [-0.2, 0) is 0 Å². The summed E-state index contributed by atoms with van der Waals surface area (Å²) < 4.78 is 4.64. The highest BCUT2D eigenvalue weighted by Crippen LogP contribution is 2.15. The number of aromatic amines is 1. The third kappa shape index (κ3) is 1.78. The molecule has 5 heteroatoms. The lowest BCUT2D eigenvalue weighted by atomic mass is 10.2. The van der Waals surface area contributed by atoms with Crippen molar-refractivity contribution in [2.45, 2.75) is 0 Å². The standard InChI is InChI=1S/C12H9N3O2/c16-12(14-9-6-13-17-7-9)11-5-8-3-1-2-4-10(8)15-11/h1-7,15H,(H,14,16). The average Bonchev–Trinajstić information content (AvgIpc) is 2.96. The SMILES string of the molecule is O=C(Nc1cnoc1)c1cc2ccccc2[nH]1. The molecular weight excluding hydrogens is 218 g/mol. The number of nitrogens with zero attached hydrogens (tertiary/aromatic N) is 1. The average molecular weight is 227 g/mol. The number of amides is 1. The van der Waals surface area contributed by atoms with E-state index in [0.29, 0.717) is 11.4 Å². The number of H-pyrrole nitrogens is 1. The molecule has 0 bridgehead atoms. The number of hydrogen-bond donors (Lipinski definition) is 2. The molecule has 0 aliphatic rings. The molecule has 1 amide bonds. The highest BCUT2D eigenvalue weighted by Gasteiger charge is 2.10. The zero-order chi connectivity index (χ0) is 11.7. The van der Waals surface area contributed by atoms with E-state index < -0.39 is 0 Å². The fourth-order valence-electron chi connectivity index (χ4n) is 1.66. The van der Waals surface area contributed by atoms with E-state index >= 15 is 0 Å². The molecule has 2 aromatic heterocycles. The molecule has 0 aliphatic carbocycles. The van der Waals surface area contributed by atoms with E-state index in [1.54, 1.807) is 6.07 Å². The molecule has 5 nitrogen and oxygen atoms in total. The Balaban J connectivity index is 1.90. The number of benzene rings is 1. The summed E-state index contributed by atoms with van der Waals surface area (Å²) in [7, 11) is 0. The molecule has 3 aromatic rings. The third-order valence-electron chi connectivity index (χ3n) is 2.46. The van der Waals surface area contributed by atoms with Crippen LogP contribution in [0.2, 0.25) is 0 Å². The smallest absolute Gasteiger partial charge is 0.272 e. The van der Waals surface area contributed by atoms with Gasteiger partial charge in [-0.25, -0.2) is 0 Å². The van der Waals surface area contributed by atoms with Crippen LogP contribution in [0.25, 0.3) is 10.9 Å². The first-order valence-corrected chi connectivity index (χ1v) is 5.11. The van der Waals surface area contributed by atoms with Crippen LogP contribution in [0.1, 0.15) is 10.5 Å². The van der Waals surface area contributed by atoms with E-state index in [9.17, 15) is 4.79 Å². The van der Waals surface area contributed by atoms with Gasteiger partial charge in [0, 0.05) is 10.9 Å². The van der Waals surface area contributed by atoms with Gasteiger partial charge in [0.1, 0.15) is 17.6 Å². The number of rotatable bonds is 2. The number of hydrogen-bond acceptors (Lipinski definition) is 3. The maximum atomic E-state index is 11.9. The number of carbonyl (C=O) groups excluding carboxylic acids is 1. The molecule has 0 saturated carbocycles. The molecule has 2 heterocycles. The Labute approximate surface area is 96.4 Å². The summed E-state index contributed by atoms with van der Waals surface area (Å²) >= 11 is 0. The van der Waals surface area contributed by atoms with Crippen molar-refractivity contribution in [2.24, 2.45) is 0 Å². The Bertz CT molecular complexity index is 622. The summed E-state index contributed by atoms with van der Waals surface area (Å²) in [6.45, 7) is 0. The van der Waals surface area contributed by atoms with E-state index in [-0.39, 0.29) is 5.91 Å².